The Morgan fingerprint density at radius 2 is 1.68 bits per heavy atom. The van der Waals surface area contributed by atoms with E-state index in [0.717, 1.165) is 30.2 Å². The second-order valence-corrected chi connectivity index (χ2v) is 5.30. The van der Waals surface area contributed by atoms with Crippen molar-refractivity contribution in [2.45, 2.75) is 26.9 Å². The smallest absolute Gasteiger partial charge is 0.0826 e. The van der Waals surface area contributed by atoms with Crippen molar-refractivity contribution in [1.82, 2.24) is 14.7 Å². The van der Waals surface area contributed by atoms with Crippen LogP contribution in [-0.2, 0) is 13.1 Å². The number of hydrogen-bond acceptors (Lipinski definition) is 3. The van der Waals surface area contributed by atoms with Crippen LogP contribution in [0.3, 0.4) is 0 Å². The van der Waals surface area contributed by atoms with Crippen LogP contribution in [0.5, 0.6) is 0 Å². The maximum Gasteiger partial charge on any atom is 0.0826 e. The lowest BCUT2D eigenvalue weighted by Crippen LogP contribution is -2.10. The van der Waals surface area contributed by atoms with Crippen LogP contribution in [0.4, 0.5) is 5.69 Å². The SMILES string of the molecule is Cc1nn(Cc2ccc(CN(C)C)cc2)c(C)c1N. The van der Waals surface area contributed by atoms with Gasteiger partial charge in [0.05, 0.1) is 23.6 Å². The molecule has 1 heterocycles. The van der Waals surface area contributed by atoms with Crippen LogP contribution < -0.4 is 5.73 Å². The Balaban J connectivity index is 2.13. The van der Waals surface area contributed by atoms with Crippen LogP contribution in [0.2, 0.25) is 0 Å². The summed E-state index contributed by atoms with van der Waals surface area (Å²) in [6.07, 6.45) is 0. The average Bonchev–Trinajstić information content (AvgIpc) is 2.59. The van der Waals surface area contributed by atoms with E-state index in [4.69, 9.17) is 5.73 Å². The van der Waals surface area contributed by atoms with E-state index in [1.807, 2.05) is 18.5 Å². The first kappa shape index (κ1) is 13.6. The summed E-state index contributed by atoms with van der Waals surface area (Å²) in [4.78, 5) is 2.16. The maximum atomic E-state index is 5.95. The van der Waals surface area contributed by atoms with E-state index in [-0.39, 0.29) is 0 Å². The quantitative estimate of drug-likeness (QED) is 0.914. The van der Waals surface area contributed by atoms with Crippen LogP contribution in [-0.4, -0.2) is 28.8 Å². The van der Waals surface area contributed by atoms with E-state index in [2.05, 4.69) is 48.4 Å². The van der Waals surface area contributed by atoms with E-state index in [0.29, 0.717) is 0 Å². The fourth-order valence-corrected chi connectivity index (χ4v) is 2.15. The number of aryl methyl sites for hydroxylation is 1. The van der Waals surface area contributed by atoms with Crippen LogP contribution in [0.1, 0.15) is 22.5 Å². The zero-order valence-corrected chi connectivity index (χ0v) is 12.1. The summed E-state index contributed by atoms with van der Waals surface area (Å²) >= 11 is 0. The third-order valence-electron chi connectivity index (χ3n) is 3.29. The molecule has 0 amide bonds. The van der Waals surface area contributed by atoms with Crippen LogP contribution in [0, 0.1) is 13.8 Å². The summed E-state index contributed by atoms with van der Waals surface area (Å²) in [7, 11) is 4.15. The molecule has 19 heavy (non-hydrogen) atoms. The lowest BCUT2D eigenvalue weighted by Gasteiger charge is -2.10. The van der Waals surface area contributed by atoms with Crippen LogP contribution in [0.25, 0.3) is 0 Å². The summed E-state index contributed by atoms with van der Waals surface area (Å²) in [5, 5.41) is 4.46. The number of hydrogen-bond donors (Lipinski definition) is 1. The number of benzene rings is 1. The van der Waals surface area contributed by atoms with E-state index < -0.39 is 0 Å². The minimum Gasteiger partial charge on any atom is -0.396 e. The molecule has 4 heteroatoms. The Kier molecular flexibility index (Phi) is 3.90. The second-order valence-electron chi connectivity index (χ2n) is 5.30. The standard InChI is InChI=1S/C15H22N4/c1-11-15(16)12(2)19(17-11)10-14-7-5-13(6-8-14)9-18(3)4/h5-8H,9-10,16H2,1-4H3. The topological polar surface area (TPSA) is 47.1 Å². The molecular weight excluding hydrogens is 236 g/mol. The van der Waals surface area contributed by atoms with Gasteiger partial charge in [-0.3, -0.25) is 4.68 Å². The fourth-order valence-electron chi connectivity index (χ4n) is 2.15. The highest BCUT2D eigenvalue weighted by molar-refractivity contribution is 5.47. The van der Waals surface area contributed by atoms with E-state index in [1.165, 1.54) is 11.1 Å². The van der Waals surface area contributed by atoms with Crippen LogP contribution >= 0.6 is 0 Å². The Hall–Kier alpha value is -1.81. The molecule has 2 rings (SSSR count). The van der Waals surface area contributed by atoms with Gasteiger partial charge in [0.1, 0.15) is 0 Å². The summed E-state index contributed by atoms with van der Waals surface area (Å²) in [6.45, 7) is 5.69. The zero-order chi connectivity index (χ0) is 14.0. The Morgan fingerprint density at radius 3 is 2.16 bits per heavy atom. The van der Waals surface area contributed by atoms with Gasteiger partial charge in [0.15, 0.2) is 0 Å². The number of anilines is 1. The summed E-state index contributed by atoms with van der Waals surface area (Å²) in [5.41, 5.74) is 11.2. The first-order valence-electron chi connectivity index (χ1n) is 6.49. The molecule has 0 saturated heterocycles. The van der Waals surface area contributed by atoms with Crippen molar-refractivity contribution in [3.8, 4) is 0 Å². The summed E-state index contributed by atoms with van der Waals surface area (Å²) < 4.78 is 1.96. The molecule has 2 aromatic rings. The van der Waals surface area contributed by atoms with Crippen molar-refractivity contribution in [1.29, 1.82) is 0 Å². The van der Waals surface area contributed by atoms with Crippen molar-refractivity contribution >= 4 is 5.69 Å². The molecule has 1 aromatic carbocycles. The Morgan fingerprint density at radius 1 is 1.11 bits per heavy atom. The van der Waals surface area contributed by atoms with Crippen molar-refractivity contribution in [3.05, 3.63) is 46.8 Å². The molecule has 0 aliphatic heterocycles. The lowest BCUT2D eigenvalue weighted by atomic mass is 10.1. The molecular formula is C15H22N4. The van der Waals surface area contributed by atoms with Gasteiger partial charge in [-0.15, -0.1) is 0 Å². The monoisotopic (exact) mass is 258 g/mol. The molecule has 0 bridgehead atoms. The number of nitrogens with zero attached hydrogens (tertiary/aromatic N) is 3. The largest absolute Gasteiger partial charge is 0.396 e. The van der Waals surface area contributed by atoms with Gasteiger partial charge in [0.25, 0.3) is 0 Å². The zero-order valence-electron chi connectivity index (χ0n) is 12.1. The van der Waals surface area contributed by atoms with Gasteiger partial charge in [0, 0.05) is 6.54 Å². The number of rotatable bonds is 4. The molecule has 0 radical (unpaired) electrons. The molecule has 0 spiro atoms. The molecule has 0 fully saturated rings. The first-order valence-corrected chi connectivity index (χ1v) is 6.49. The molecule has 2 N–H and O–H groups in total. The molecule has 0 saturated carbocycles. The maximum absolute atomic E-state index is 5.95. The number of nitrogen functional groups attached to an aromatic ring is 1. The predicted molar refractivity (Wildman–Crippen MR) is 79.0 cm³/mol. The summed E-state index contributed by atoms with van der Waals surface area (Å²) in [5.74, 6) is 0. The highest BCUT2D eigenvalue weighted by atomic mass is 15.3. The minimum absolute atomic E-state index is 0.770. The Labute approximate surface area is 114 Å². The Bertz CT molecular complexity index is 552. The predicted octanol–water partition coefficient (Wildman–Crippen LogP) is 2.19. The molecule has 0 atom stereocenters. The van der Waals surface area contributed by atoms with Crippen molar-refractivity contribution < 1.29 is 0 Å². The summed E-state index contributed by atoms with van der Waals surface area (Å²) in [6, 6.07) is 8.66. The molecule has 4 nitrogen and oxygen atoms in total. The van der Waals surface area contributed by atoms with Crippen LogP contribution in [0.15, 0.2) is 24.3 Å². The number of nitrogens with two attached hydrogens (primary N) is 1. The second kappa shape index (κ2) is 5.45. The minimum atomic E-state index is 0.770. The molecule has 102 valence electrons. The van der Waals surface area contributed by atoms with Gasteiger partial charge in [0.2, 0.25) is 0 Å². The molecule has 0 unspecified atom stereocenters. The molecule has 0 aliphatic carbocycles. The van der Waals surface area contributed by atoms with E-state index in [1.54, 1.807) is 0 Å². The normalized spacial score (nSPS) is 11.2. The van der Waals surface area contributed by atoms with Gasteiger partial charge in [-0.2, -0.15) is 5.10 Å². The molecule has 0 aliphatic rings. The van der Waals surface area contributed by atoms with Gasteiger partial charge in [-0.25, -0.2) is 0 Å². The van der Waals surface area contributed by atoms with Gasteiger partial charge in [-0.1, -0.05) is 24.3 Å². The first-order chi connectivity index (χ1) is 8.97. The van der Waals surface area contributed by atoms with Gasteiger partial charge < -0.3 is 10.6 Å². The van der Waals surface area contributed by atoms with E-state index in [9.17, 15) is 0 Å². The highest BCUT2D eigenvalue weighted by Crippen LogP contribution is 2.16. The average molecular weight is 258 g/mol. The van der Waals surface area contributed by atoms with Crippen molar-refractivity contribution in [2.75, 3.05) is 19.8 Å². The third-order valence-corrected chi connectivity index (χ3v) is 3.29. The third kappa shape index (κ3) is 3.15. The number of aromatic nitrogens is 2. The van der Waals surface area contributed by atoms with Crippen molar-refractivity contribution in [2.24, 2.45) is 0 Å². The lowest BCUT2D eigenvalue weighted by molar-refractivity contribution is 0.402. The van der Waals surface area contributed by atoms with Gasteiger partial charge in [-0.05, 0) is 39.1 Å². The fraction of sp³-hybridized carbons (Fsp3) is 0.400. The van der Waals surface area contributed by atoms with Gasteiger partial charge >= 0.3 is 0 Å². The molecule has 1 aromatic heterocycles. The highest BCUT2D eigenvalue weighted by Gasteiger charge is 2.08. The van der Waals surface area contributed by atoms with E-state index >= 15 is 0 Å². The van der Waals surface area contributed by atoms with Crippen molar-refractivity contribution in [3.63, 3.8) is 0 Å².